The first kappa shape index (κ1) is 12.2. The predicted molar refractivity (Wildman–Crippen MR) is 59.6 cm³/mol. The number of benzene rings is 1. The standard InChI is InChI=1S/C12H10F2N2O2/c1-7-11(5-12(17)18)16(6-15-7)8-2-3-9(13)10(14)4-8/h2-4,6H,5H2,1H3,(H,17,18). The molecule has 6 heteroatoms. The third kappa shape index (κ3) is 2.22. The van der Waals surface area contributed by atoms with Gasteiger partial charge in [0.05, 0.1) is 24.1 Å². The minimum atomic E-state index is -1.01. The molecule has 1 aromatic carbocycles. The normalized spacial score (nSPS) is 10.6. The molecule has 0 aliphatic heterocycles. The second-order valence-corrected chi connectivity index (χ2v) is 3.82. The minimum Gasteiger partial charge on any atom is -0.481 e. The quantitative estimate of drug-likeness (QED) is 0.909. The molecule has 2 rings (SSSR count). The smallest absolute Gasteiger partial charge is 0.309 e. The van der Waals surface area contributed by atoms with Crippen molar-refractivity contribution in [1.29, 1.82) is 0 Å². The van der Waals surface area contributed by atoms with Crippen LogP contribution in [0.4, 0.5) is 8.78 Å². The van der Waals surface area contributed by atoms with Crippen LogP contribution in [0.5, 0.6) is 0 Å². The lowest BCUT2D eigenvalue weighted by Crippen LogP contribution is -2.08. The van der Waals surface area contributed by atoms with Crippen molar-refractivity contribution in [3.8, 4) is 5.69 Å². The Labute approximate surface area is 102 Å². The van der Waals surface area contributed by atoms with Gasteiger partial charge in [0, 0.05) is 11.8 Å². The highest BCUT2D eigenvalue weighted by atomic mass is 19.2. The van der Waals surface area contributed by atoms with Crippen molar-refractivity contribution in [3.63, 3.8) is 0 Å². The van der Waals surface area contributed by atoms with Crippen LogP contribution in [-0.2, 0) is 11.2 Å². The molecule has 1 N–H and O–H groups in total. The van der Waals surface area contributed by atoms with Gasteiger partial charge in [-0.15, -0.1) is 0 Å². The highest BCUT2D eigenvalue weighted by Gasteiger charge is 2.13. The number of nitrogens with zero attached hydrogens (tertiary/aromatic N) is 2. The highest BCUT2D eigenvalue weighted by molar-refractivity contribution is 5.70. The molecule has 0 atom stereocenters. The van der Waals surface area contributed by atoms with Crippen molar-refractivity contribution < 1.29 is 18.7 Å². The van der Waals surface area contributed by atoms with Crippen LogP contribution in [0, 0.1) is 18.6 Å². The maximum Gasteiger partial charge on any atom is 0.309 e. The Morgan fingerprint density at radius 1 is 1.39 bits per heavy atom. The first-order valence-electron chi connectivity index (χ1n) is 5.19. The van der Waals surface area contributed by atoms with Crippen molar-refractivity contribution in [3.05, 3.63) is 47.5 Å². The maximum absolute atomic E-state index is 13.1. The Balaban J connectivity index is 2.50. The molecule has 0 unspecified atom stereocenters. The summed E-state index contributed by atoms with van der Waals surface area (Å²) in [7, 11) is 0. The first-order valence-corrected chi connectivity index (χ1v) is 5.19. The van der Waals surface area contributed by atoms with Crippen molar-refractivity contribution in [2.75, 3.05) is 0 Å². The van der Waals surface area contributed by atoms with E-state index in [0.29, 0.717) is 17.1 Å². The van der Waals surface area contributed by atoms with E-state index in [0.717, 1.165) is 12.1 Å². The number of aryl methyl sites for hydroxylation is 1. The van der Waals surface area contributed by atoms with Gasteiger partial charge in [0.1, 0.15) is 0 Å². The average Bonchev–Trinajstić information content (AvgIpc) is 2.64. The van der Waals surface area contributed by atoms with E-state index in [2.05, 4.69) is 4.98 Å². The second kappa shape index (κ2) is 4.56. The largest absolute Gasteiger partial charge is 0.481 e. The van der Waals surface area contributed by atoms with Gasteiger partial charge in [0.2, 0.25) is 0 Å². The summed E-state index contributed by atoms with van der Waals surface area (Å²) in [4.78, 5) is 14.7. The zero-order valence-corrected chi connectivity index (χ0v) is 9.52. The molecule has 0 aliphatic carbocycles. The SMILES string of the molecule is Cc1ncn(-c2ccc(F)c(F)c2)c1CC(=O)O. The van der Waals surface area contributed by atoms with Gasteiger partial charge in [-0.1, -0.05) is 0 Å². The fourth-order valence-electron chi connectivity index (χ4n) is 1.68. The van der Waals surface area contributed by atoms with E-state index in [1.807, 2.05) is 0 Å². The molecule has 1 aromatic heterocycles. The summed E-state index contributed by atoms with van der Waals surface area (Å²) in [6, 6.07) is 3.36. The number of imidazole rings is 1. The van der Waals surface area contributed by atoms with Gasteiger partial charge in [-0.05, 0) is 19.1 Å². The van der Waals surface area contributed by atoms with Crippen LogP contribution in [0.3, 0.4) is 0 Å². The fraction of sp³-hybridized carbons (Fsp3) is 0.167. The Hall–Kier alpha value is -2.24. The van der Waals surface area contributed by atoms with Crippen molar-refractivity contribution in [2.24, 2.45) is 0 Å². The van der Waals surface area contributed by atoms with E-state index in [1.54, 1.807) is 6.92 Å². The summed E-state index contributed by atoms with van der Waals surface area (Å²) >= 11 is 0. The summed E-state index contributed by atoms with van der Waals surface area (Å²) in [6.07, 6.45) is 1.16. The van der Waals surface area contributed by atoms with E-state index in [4.69, 9.17) is 5.11 Å². The van der Waals surface area contributed by atoms with Crippen molar-refractivity contribution >= 4 is 5.97 Å². The van der Waals surface area contributed by atoms with Crippen LogP contribution < -0.4 is 0 Å². The van der Waals surface area contributed by atoms with Gasteiger partial charge in [0.15, 0.2) is 11.6 Å². The number of rotatable bonds is 3. The van der Waals surface area contributed by atoms with Gasteiger partial charge in [-0.2, -0.15) is 0 Å². The number of hydrogen-bond acceptors (Lipinski definition) is 2. The van der Waals surface area contributed by atoms with Gasteiger partial charge < -0.3 is 9.67 Å². The number of aliphatic carboxylic acids is 1. The molecule has 18 heavy (non-hydrogen) atoms. The molecule has 0 bridgehead atoms. The predicted octanol–water partition coefficient (Wildman–Crippen LogP) is 2.09. The van der Waals surface area contributed by atoms with Gasteiger partial charge >= 0.3 is 5.97 Å². The van der Waals surface area contributed by atoms with E-state index in [9.17, 15) is 13.6 Å². The molecule has 2 aromatic rings. The summed E-state index contributed by atoms with van der Waals surface area (Å²) in [5.74, 6) is -2.95. The third-order valence-electron chi connectivity index (χ3n) is 2.58. The summed E-state index contributed by atoms with van der Waals surface area (Å²) in [6.45, 7) is 1.66. The molecule has 0 amide bonds. The number of hydrogen-bond donors (Lipinski definition) is 1. The minimum absolute atomic E-state index is 0.231. The molecule has 0 fully saturated rings. The molecule has 0 saturated carbocycles. The van der Waals surface area contributed by atoms with Crippen LogP contribution >= 0.6 is 0 Å². The van der Waals surface area contributed by atoms with Gasteiger partial charge in [-0.3, -0.25) is 4.79 Å². The number of aromatic nitrogens is 2. The van der Waals surface area contributed by atoms with Crippen LogP contribution in [0.1, 0.15) is 11.4 Å². The van der Waals surface area contributed by atoms with E-state index in [1.165, 1.54) is 17.0 Å². The molecule has 4 nitrogen and oxygen atoms in total. The summed E-state index contributed by atoms with van der Waals surface area (Å²) in [5.41, 5.74) is 1.32. The number of carbonyl (C=O) groups is 1. The summed E-state index contributed by atoms with van der Waals surface area (Å²) in [5, 5.41) is 8.80. The second-order valence-electron chi connectivity index (χ2n) is 3.82. The van der Waals surface area contributed by atoms with E-state index >= 15 is 0 Å². The van der Waals surface area contributed by atoms with Gasteiger partial charge in [0.25, 0.3) is 0 Å². The molecule has 0 saturated heterocycles. The zero-order valence-electron chi connectivity index (χ0n) is 9.52. The number of halogens is 2. The van der Waals surface area contributed by atoms with Crippen molar-refractivity contribution in [2.45, 2.75) is 13.3 Å². The van der Waals surface area contributed by atoms with E-state index in [-0.39, 0.29) is 6.42 Å². The average molecular weight is 252 g/mol. The lowest BCUT2D eigenvalue weighted by Gasteiger charge is -2.07. The van der Waals surface area contributed by atoms with E-state index < -0.39 is 17.6 Å². The molecule has 1 heterocycles. The Morgan fingerprint density at radius 2 is 2.11 bits per heavy atom. The van der Waals surface area contributed by atoms with Crippen molar-refractivity contribution in [1.82, 2.24) is 9.55 Å². The molecule has 0 radical (unpaired) electrons. The zero-order chi connectivity index (χ0) is 13.3. The first-order chi connectivity index (χ1) is 8.49. The summed E-state index contributed by atoms with van der Waals surface area (Å²) < 4.78 is 27.4. The van der Waals surface area contributed by atoms with Crippen LogP contribution in [-0.4, -0.2) is 20.6 Å². The Morgan fingerprint density at radius 3 is 2.72 bits per heavy atom. The third-order valence-corrected chi connectivity index (χ3v) is 2.58. The molecule has 0 spiro atoms. The topological polar surface area (TPSA) is 55.1 Å². The molecule has 94 valence electrons. The lowest BCUT2D eigenvalue weighted by atomic mass is 10.2. The maximum atomic E-state index is 13.1. The number of carboxylic acids is 1. The Bertz CT molecular complexity index is 608. The monoisotopic (exact) mass is 252 g/mol. The lowest BCUT2D eigenvalue weighted by molar-refractivity contribution is -0.136. The molecule has 0 aliphatic rings. The van der Waals surface area contributed by atoms with Crippen LogP contribution in [0.2, 0.25) is 0 Å². The number of carboxylic acid groups (broad SMARTS) is 1. The Kier molecular flexibility index (Phi) is 3.10. The fourth-order valence-corrected chi connectivity index (χ4v) is 1.68. The molecular weight excluding hydrogens is 242 g/mol. The van der Waals surface area contributed by atoms with Crippen LogP contribution in [0.15, 0.2) is 24.5 Å². The highest BCUT2D eigenvalue weighted by Crippen LogP contribution is 2.17. The van der Waals surface area contributed by atoms with Crippen LogP contribution in [0.25, 0.3) is 5.69 Å². The van der Waals surface area contributed by atoms with Gasteiger partial charge in [-0.25, -0.2) is 13.8 Å². The molecular formula is C12H10F2N2O2.